The molecule has 6 N–H and O–H groups in total. The fraction of sp³-hybridized carbons (Fsp3) is 1.00. The Hall–Kier alpha value is -0.320. The van der Waals surface area contributed by atoms with Crippen molar-refractivity contribution in [3.8, 4) is 0 Å². The van der Waals surface area contributed by atoms with Crippen molar-refractivity contribution in [3.05, 3.63) is 0 Å². The number of quaternary nitrogens is 1. The number of ether oxygens (including phenoxy) is 2. The third kappa shape index (κ3) is 13.4. The summed E-state index contributed by atoms with van der Waals surface area (Å²) in [4.78, 5) is 0. The van der Waals surface area contributed by atoms with Crippen LogP contribution in [-0.4, -0.2) is 89.1 Å². The molecular formula is C25H53N2O6+. The molecule has 1 fully saturated rings. The van der Waals surface area contributed by atoms with Crippen molar-refractivity contribution >= 4 is 0 Å². The molecule has 1 aliphatic rings. The summed E-state index contributed by atoms with van der Waals surface area (Å²) in [6.07, 6.45) is 11.6. The van der Waals surface area contributed by atoms with Gasteiger partial charge >= 0.3 is 0 Å². The standard InChI is InChI=1S/C25H53N2O6/c1-3-4-5-6-7-8-9-10-11-12-13-14-17-27(2,26)18-15-16-19-32-25-24(31)23(30)22(29)21(20-28)33-25/h21-25,28-31H,3-20,26H2,1-2H3/q+1/t21-,22-,23+,24-,25-,27?/m1/s1. The van der Waals surface area contributed by atoms with Gasteiger partial charge < -0.3 is 29.9 Å². The molecular weight excluding hydrogens is 424 g/mol. The molecule has 0 aromatic carbocycles. The van der Waals surface area contributed by atoms with Crippen LogP contribution < -0.4 is 5.84 Å². The maximum absolute atomic E-state index is 9.98. The van der Waals surface area contributed by atoms with Crippen molar-refractivity contribution in [2.24, 2.45) is 5.84 Å². The Morgan fingerprint density at radius 1 is 0.727 bits per heavy atom. The fourth-order valence-electron chi connectivity index (χ4n) is 4.41. The molecule has 1 unspecified atom stereocenters. The highest BCUT2D eigenvalue weighted by Gasteiger charge is 2.43. The molecule has 1 aliphatic heterocycles. The van der Waals surface area contributed by atoms with Crippen LogP contribution >= 0.6 is 0 Å². The van der Waals surface area contributed by atoms with E-state index < -0.39 is 37.3 Å². The second-order valence-electron chi connectivity index (χ2n) is 10.1. The Balaban J connectivity index is 2.00. The van der Waals surface area contributed by atoms with Gasteiger partial charge in [-0.1, -0.05) is 71.1 Å². The SMILES string of the molecule is CCCCCCCCCCCCCC[N+](C)(N)CCCCO[C@@H]1O[C@H](CO)[C@@H](O)[C@H](O)[C@H]1O. The van der Waals surface area contributed by atoms with Crippen molar-refractivity contribution < 1.29 is 34.5 Å². The van der Waals surface area contributed by atoms with Crippen LogP contribution in [0.1, 0.15) is 96.8 Å². The Bertz CT molecular complexity index is 466. The average Bonchev–Trinajstić information content (AvgIpc) is 2.79. The molecule has 0 saturated carbocycles. The third-order valence-corrected chi connectivity index (χ3v) is 6.72. The van der Waals surface area contributed by atoms with E-state index >= 15 is 0 Å². The molecule has 1 saturated heterocycles. The summed E-state index contributed by atoms with van der Waals surface area (Å²) >= 11 is 0. The third-order valence-electron chi connectivity index (χ3n) is 6.72. The monoisotopic (exact) mass is 477 g/mol. The van der Waals surface area contributed by atoms with Crippen LogP contribution in [0.3, 0.4) is 0 Å². The van der Waals surface area contributed by atoms with Crippen LogP contribution in [0, 0.1) is 0 Å². The largest absolute Gasteiger partial charge is 0.394 e. The molecule has 1 rings (SSSR count). The van der Waals surface area contributed by atoms with Crippen molar-refractivity contribution in [3.63, 3.8) is 0 Å². The molecule has 0 spiro atoms. The molecule has 198 valence electrons. The highest BCUT2D eigenvalue weighted by molar-refractivity contribution is 4.88. The van der Waals surface area contributed by atoms with Crippen molar-refractivity contribution in [1.29, 1.82) is 0 Å². The van der Waals surface area contributed by atoms with Gasteiger partial charge in [0.05, 0.1) is 33.4 Å². The van der Waals surface area contributed by atoms with E-state index in [-0.39, 0.29) is 0 Å². The van der Waals surface area contributed by atoms with Gasteiger partial charge in [0.2, 0.25) is 0 Å². The summed E-state index contributed by atoms with van der Waals surface area (Å²) in [5, 5.41) is 38.8. The number of nitrogens with zero attached hydrogens (tertiary/aromatic N) is 1. The highest BCUT2D eigenvalue weighted by Crippen LogP contribution is 2.22. The summed E-state index contributed by atoms with van der Waals surface area (Å²) in [6.45, 7) is 3.97. The lowest BCUT2D eigenvalue weighted by Crippen LogP contribution is -2.59. The molecule has 6 atom stereocenters. The minimum atomic E-state index is -1.40. The predicted molar refractivity (Wildman–Crippen MR) is 130 cm³/mol. The number of hydrogen-bond donors (Lipinski definition) is 5. The number of hydrogen-bond acceptors (Lipinski definition) is 7. The molecule has 8 nitrogen and oxygen atoms in total. The molecule has 0 bridgehead atoms. The summed E-state index contributed by atoms with van der Waals surface area (Å²) < 4.78 is 11.4. The van der Waals surface area contributed by atoms with Gasteiger partial charge in [-0.3, -0.25) is 4.59 Å². The lowest BCUT2D eigenvalue weighted by molar-refractivity contribution is -0.921. The first-order valence-corrected chi connectivity index (χ1v) is 13.4. The molecule has 33 heavy (non-hydrogen) atoms. The van der Waals surface area contributed by atoms with E-state index in [9.17, 15) is 20.4 Å². The van der Waals surface area contributed by atoms with E-state index in [1.165, 1.54) is 70.6 Å². The molecule has 0 radical (unpaired) electrons. The van der Waals surface area contributed by atoms with Gasteiger partial charge in [0.1, 0.15) is 24.4 Å². The van der Waals surface area contributed by atoms with Crippen LogP contribution in [0.25, 0.3) is 0 Å². The second-order valence-corrected chi connectivity index (χ2v) is 10.1. The topological polar surface area (TPSA) is 125 Å². The zero-order valence-electron chi connectivity index (χ0n) is 21.2. The van der Waals surface area contributed by atoms with Crippen LogP contribution in [0.2, 0.25) is 0 Å². The summed E-state index contributed by atoms with van der Waals surface area (Å²) in [6, 6.07) is 0. The average molecular weight is 478 g/mol. The Morgan fingerprint density at radius 2 is 1.21 bits per heavy atom. The minimum Gasteiger partial charge on any atom is -0.394 e. The van der Waals surface area contributed by atoms with Gasteiger partial charge in [0.15, 0.2) is 6.29 Å². The zero-order valence-corrected chi connectivity index (χ0v) is 21.2. The Kier molecular flexibility index (Phi) is 16.8. The first kappa shape index (κ1) is 30.7. The second kappa shape index (κ2) is 18.0. The molecule has 0 aliphatic carbocycles. The molecule has 0 aromatic rings. The van der Waals surface area contributed by atoms with Gasteiger partial charge in [-0.25, -0.2) is 0 Å². The maximum Gasteiger partial charge on any atom is 0.186 e. The van der Waals surface area contributed by atoms with Crippen LogP contribution in [0.5, 0.6) is 0 Å². The van der Waals surface area contributed by atoms with E-state index in [2.05, 4.69) is 14.0 Å². The lowest BCUT2D eigenvalue weighted by atomic mass is 9.99. The first-order valence-electron chi connectivity index (χ1n) is 13.4. The minimum absolute atomic E-state index is 0.349. The van der Waals surface area contributed by atoms with Gasteiger partial charge in [0, 0.05) is 6.42 Å². The van der Waals surface area contributed by atoms with E-state index in [0.717, 1.165) is 32.4 Å². The van der Waals surface area contributed by atoms with E-state index in [4.69, 9.17) is 15.3 Å². The Morgan fingerprint density at radius 3 is 1.73 bits per heavy atom. The fourth-order valence-corrected chi connectivity index (χ4v) is 4.41. The normalized spacial score (nSPS) is 27.5. The number of unbranched alkanes of at least 4 members (excludes halogenated alkanes) is 12. The quantitative estimate of drug-likeness (QED) is 0.0790. The zero-order chi connectivity index (χ0) is 24.5. The predicted octanol–water partition coefficient (Wildman–Crippen LogP) is 2.60. The van der Waals surface area contributed by atoms with Gasteiger partial charge in [-0.2, -0.15) is 5.84 Å². The molecule has 0 amide bonds. The molecule has 1 heterocycles. The smallest absolute Gasteiger partial charge is 0.186 e. The van der Waals surface area contributed by atoms with Crippen LogP contribution in [-0.2, 0) is 9.47 Å². The van der Waals surface area contributed by atoms with Crippen molar-refractivity contribution in [2.45, 2.75) is 128 Å². The number of nitrogens with two attached hydrogens (primary N) is 1. The van der Waals surface area contributed by atoms with E-state index in [1.807, 2.05) is 0 Å². The summed E-state index contributed by atoms with van der Waals surface area (Å²) in [5.74, 6) is 6.41. The molecule has 8 heteroatoms. The van der Waals surface area contributed by atoms with Crippen molar-refractivity contribution in [1.82, 2.24) is 0 Å². The highest BCUT2D eigenvalue weighted by atomic mass is 16.7. The van der Waals surface area contributed by atoms with E-state index in [1.54, 1.807) is 0 Å². The Labute approximate surface area is 201 Å². The number of aliphatic hydroxyl groups is 4. The van der Waals surface area contributed by atoms with E-state index in [0.29, 0.717) is 11.2 Å². The maximum atomic E-state index is 9.98. The first-order chi connectivity index (χ1) is 15.8. The van der Waals surface area contributed by atoms with Crippen LogP contribution in [0.4, 0.5) is 0 Å². The summed E-state index contributed by atoms with van der Waals surface area (Å²) in [5.41, 5.74) is 0. The molecule has 0 aromatic heterocycles. The summed E-state index contributed by atoms with van der Waals surface area (Å²) in [7, 11) is 2.05. The van der Waals surface area contributed by atoms with Gasteiger partial charge in [-0.05, 0) is 19.3 Å². The van der Waals surface area contributed by atoms with Crippen LogP contribution in [0.15, 0.2) is 0 Å². The van der Waals surface area contributed by atoms with Crippen molar-refractivity contribution in [2.75, 3.05) is 33.4 Å². The van der Waals surface area contributed by atoms with Gasteiger partial charge in [0.25, 0.3) is 0 Å². The number of aliphatic hydroxyl groups excluding tert-OH is 4. The number of rotatable bonds is 20. The van der Waals surface area contributed by atoms with Gasteiger partial charge in [-0.15, -0.1) is 0 Å². The lowest BCUT2D eigenvalue weighted by Gasteiger charge is -2.39.